The van der Waals surface area contributed by atoms with Gasteiger partial charge in [-0.1, -0.05) is 19.8 Å². The monoisotopic (exact) mass is 268 g/mol. The Morgan fingerprint density at radius 1 is 1.42 bits per heavy atom. The van der Waals surface area contributed by atoms with Crippen LogP contribution < -0.4 is 5.32 Å². The van der Waals surface area contributed by atoms with E-state index in [9.17, 15) is 9.59 Å². The average Bonchev–Trinajstić information content (AvgIpc) is 2.82. The summed E-state index contributed by atoms with van der Waals surface area (Å²) in [6, 6.07) is -0.377. The summed E-state index contributed by atoms with van der Waals surface area (Å²) < 4.78 is 5.12. The van der Waals surface area contributed by atoms with Crippen LogP contribution in [-0.4, -0.2) is 48.6 Å². The van der Waals surface area contributed by atoms with Gasteiger partial charge < -0.3 is 15.0 Å². The molecule has 2 aliphatic rings. The van der Waals surface area contributed by atoms with Gasteiger partial charge in [-0.05, 0) is 25.7 Å². The molecular weight excluding hydrogens is 244 g/mol. The second-order valence-electron chi connectivity index (χ2n) is 5.97. The zero-order chi connectivity index (χ0) is 14.0. The molecule has 19 heavy (non-hydrogen) atoms. The largest absolute Gasteiger partial charge is 0.384 e. The lowest BCUT2D eigenvalue weighted by Crippen LogP contribution is -2.69. The van der Waals surface area contributed by atoms with Crippen LogP contribution in [0.1, 0.15) is 39.5 Å². The van der Waals surface area contributed by atoms with E-state index in [1.54, 1.807) is 18.9 Å². The molecule has 1 spiro atoms. The molecule has 2 atom stereocenters. The maximum Gasteiger partial charge on any atom is 0.249 e. The molecule has 0 aromatic rings. The maximum absolute atomic E-state index is 12.7. The third-order valence-corrected chi connectivity index (χ3v) is 4.30. The number of nitrogens with one attached hydrogen (secondary N) is 1. The van der Waals surface area contributed by atoms with Crippen molar-refractivity contribution in [2.24, 2.45) is 5.92 Å². The molecule has 1 aliphatic carbocycles. The van der Waals surface area contributed by atoms with Gasteiger partial charge in [0, 0.05) is 13.7 Å². The number of carbonyl (C=O) groups is 2. The Labute approximate surface area is 114 Å². The van der Waals surface area contributed by atoms with Gasteiger partial charge in [0.05, 0.1) is 6.61 Å². The number of carbonyl (C=O) groups excluding carboxylic acids is 2. The van der Waals surface area contributed by atoms with E-state index in [1.165, 1.54) is 0 Å². The highest BCUT2D eigenvalue weighted by atomic mass is 16.5. The van der Waals surface area contributed by atoms with E-state index in [1.807, 2.05) is 6.92 Å². The van der Waals surface area contributed by atoms with Gasteiger partial charge in [0.1, 0.15) is 11.6 Å². The van der Waals surface area contributed by atoms with E-state index >= 15 is 0 Å². The van der Waals surface area contributed by atoms with Crippen LogP contribution in [-0.2, 0) is 14.3 Å². The molecule has 1 saturated carbocycles. The summed E-state index contributed by atoms with van der Waals surface area (Å²) in [4.78, 5) is 26.6. The first kappa shape index (κ1) is 14.3. The van der Waals surface area contributed by atoms with Gasteiger partial charge in [0.25, 0.3) is 0 Å². The summed E-state index contributed by atoms with van der Waals surface area (Å²) in [5.41, 5.74) is -0.615. The molecule has 0 bridgehead atoms. The molecule has 1 saturated heterocycles. The van der Waals surface area contributed by atoms with E-state index in [0.29, 0.717) is 13.2 Å². The summed E-state index contributed by atoms with van der Waals surface area (Å²) in [6.07, 6.45) is 3.59. The lowest BCUT2D eigenvalue weighted by atomic mass is 9.90. The average molecular weight is 268 g/mol. The zero-order valence-electron chi connectivity index (χ0n) is 12.1. The number of ether oxygens (including phenoxy) is 1. The molecule has 0 aromatic heterocycles. The van der Waals surface area contributed by atoms with Gasteiger partial charge in [0.15, 0.2) is 0 Å². The second-order valence-corrected chi connectivity index (χ2v) is 5.97. The summed E-state index contributed by atoms with van der Waals surface area (Å²) in [5, 5.41) is 2.97. The molecule has 1 heterocycles. The third kappa shape index (κ3) is 2.61. The molecule has 1 N–H and O–H groups in total. The number of rotatable bonds is 4. The molecule has 2 amide bonds. The van der Waals surface area contributed by atoms with Crippen LogP contribution in [0.2, 0.25) is 0 Å². The van der Waals surface area contributed by atoms with E-state index in [4.69, 9.17) is 4.74 Å². The standard InChI is InChI=1S/C14H24N2O3/c1-10(9-19-3)8-16-11(2)12(17)15-14(13(16)18)6-4-5-7-14/h10-11H,4-9H2,1-3H3,(H,15,17). The minimum Gasteiger partial charge on any atom is -0.384 e. The highest BCUT2D eigenvalue weighted by molar-refractivity contribution is 5.99. The maximum atomic E-state index is 12.7. The molecule has 5 nitrogen and oxygen atoms in total. The first-order chi connectivity index (χ1) is 9.00. The van der Waals surface area contributed by atoms with Crippen molar-refractivity contribution in [2.45, 2.75) is 51.1 Å². The van der Waals surface area contributed by atoms with E-state index in [2.05, 4.69) is 5.32 Å². The highest BCUT2D eigenvalue weighted by Crippen LogP contribution is 2.34. The van der Waals surface area contributed by atoms with Crippen molar-refractivity contribution in [1.82, 2.24) is 10.2 Å². The Morgan fingerprint density at radius 3 is 2.63 bits per heavy atom. The van der Waals surface area contributed by atoms with Crippen molar-refractivity contribution < 1.29 is 14.3 Å². The first-order valence-corrected chi connectivity index (χ1v) is 7.12. The summed E-state index contributed by atoms with van der Waals surface area (Å²) in [5.74, 6) is 0.312. The predicted octanol–water partition coefficient (Wildman–Crippen LogP) is 0.929. The molecule has 2 rings (SSSR count). The summed E-state index contributed by atoms with van der Waals surface area (Å²) in [7, 11) is 1.66. The fraction of sp³-hybridized carbons (Fsp3) is 0.857. The Bertz CT molecular complexity index is 364. The Hall–Kier alpha value is -1.10. The lowest BCUT2D eigenvalue weighted by molar-refractivity contribution is -0.155. The first-order valence-electron chi connectivity index (χ1n) is 7.12. The van der Waals surface area contributed by atoms with Gasteiger partial charge in [-0.15, -0.1) is 0 Å². The third-order valence-electron chi connectivity index (χ3n) is 4.30. The number of amides is 2. The van der Waals surface area contributed by atoms with Crippen LogP contribution in [0.4, 0.5) is 0 Å². The van der Waals surface area contributed by atoms with Crippen LogP contribution in [0.3, 0.4) is 0 Å². The quantitative estimate of drug-likeness (QED) is 0.825. The van der Waals surface area contributed by atoms with Crippen LogP contribution in [0.5, 0.6) is 0 Å². The van der Waals surface area contributed by atoms with Gasteiger partial charge in [-0.25, -0.2) is 0 Å². The van der Waals surface area contributed by atoms with E-state index in [0.717, 1.165) is 25.7 Å². The Balaban J connectivity index is 2.14. The van der Waals surface area contributed by atoms with Crippen molar-refractivity contribution >= 4 is 11.8 Å². The number of hydrogen-bond acceptors (Lipinski definition) is 3. The number of methoxy groups -OCH3 is 1. The minimum absolute atomic E-state index is 0.0221. The molecule has 108 valence electrons. The molecule has 5 heteroatoms. The van der Waals surface area contributed by atoms with Crippen molar-refractivity contribution in [2.75, 3.05) is 20.3 Å². The van der Waals surface area contributed by atoms with E-state index in [-0.39, 0.29) is 23.8 Å². The minimum atomic E-state index is -0.615. The normalized spacial score (nSPS) is 27.7. The Kier molecular flexibility index (Phi) is 4.13. The SMILES string of the molecule is COCC(C)CN1C(=O)C2(CCCC2)NC(=O)C1C. The molecule has 2 unspecified atom stereocenters. The number of piperazine rings is 1. The predicted molar refractivity (Wildman–Crippen MR) is 71.6 cm³/mol. The highest BCUT2D eigenvalue weighted by Gasteiger charge is 2.50. The number of hydrogen-bond donors (Lipinski definition) is 1. The topological polar surface area (TPSA) is 58.6 Å². The van der Waals surface area contributed by atoms with Crippen LogP contribution in [0, 0.1) is 5.92 Å². The summed E-state index contributed by atoms with van der Waals surface area (Å²) >= 11 is 0. The molecule has 0 aromatic carbocycles. The lowest BCUT2D eigenvalue weighted by Gasteiger charge is -2.44. The Morgan fingerprint density at radius 2 is 2.05 bits per heavy atom. The number of nitrogens with zero attached hydrogens (tertiary/aromatic N) is 1. The van der Waals surface area contributed by atoms with Crippen molar-refractivity contribution in [3.63, 3.8) is 0 Å². The van der Waals surface area contributed by atoms with Crippen LogP contribution in [0.15, 0.2) is 0 Å². The van der Waals surface area contributed by atoms with Gasteiger partial charge >= 0.3 is 0 Å². The van der Waals surface area contributed by atoms with Crippen LogP contribution >= 0.6 is 0 Å². The fourth-order valence-corrected chi connectivity index (χ4v) is 3.22. The van der Waals surface area contributed by atoms with Crippen molar-refractivity contribution in [3.05, 3.63) is 0 Å². The molecular formula is C14H24N2O3. The van der Waals surface area contributed by atoms with Gasteiger partial charge in [-0.3, -0.25) is 9.59 Å². The molecule has 1 aliphatic heterocycles. The fourth-order valence-electron chi connectivity index (χ4n) is 3.22. The summed E-state index contributed by atoms with van der Waals surface area (Å²) in [6.45, 7) is 5.03. The van der Waals surface area contributed by atoms with Crippen LogP contribution in [0.25, 0.3) is 0 Å². The van der Waals surface area contributed by atoms with E-state index < -0.39 is 5.54 Å². The van der Waals surface area contributed by atoms with Crippen molar-refractivity contribution in [1.29, 1.82) is 0 Å². The van der Waals surface area contributed by atoms with Gasteiger partial charge in [-0.2, -0.15) is 0 Å². The zero-order valence-corrected chi connectivity index (χ0v) is 12.1. The molecule has 0 radical (unpaired) electrons. The van der Waals surface area contributed by atoms with Crippen molar-refractivity contribution in [3.8, 4) is 0 Å². The molecule has 2 fully saturated rings. The smallest absolute Gasteiger partial charge is 0.249 e. The second kappa shape index (κ2) is 5.49. The van der Waals surface area contributed by atoms with Gasteiger partial charge in [0.2, 0.25) is 11.8 Å².